The molecule has 3 atom stereocenters. The maximum Gasteiger partial charge on any atom is 0.191 e. The highest BCUT2D eigenvalue weighted by molar-refractivity contribution is 5.80. The summed E-state index contributed by atoms with van der Waals surface area (Å²) in [5, 5.41) is 6.76. The fourth-order valence-electron chi connectivity index (χ4n) is 2.75. The highest BCUT2D eigenvalue weighted by atomic mass is 16.6. The number of methoxy groups -OCH3 is 1. The molecule has 0 aromatic rings. The van der Waals surface area contributed by atoms with Gasteiger partial charge in [-0.05, 0) is 6.42 Å². The van der Waals surface area contributed by atoms with Crippen molar-refractivity contribution < 1.29 is 14.2 Å². The molecule has 0 amide bonds. The Morgan fingerprint density at radius 1 is 1.40 bits per heavy atom. The Balaban J connectivity index is 1.76. The Labute approximate surface area is 121 Å². The molecule has 0 aromatic carbocycles. The van der Waals surface area contributed by atoms with Gasteiger partial charge in [-0.1, -0.05) is 13.8 Å². The van der Waals surface area contributed by atoms with Crippen molar-refractivity contribution in [3.05, 3.63) is 0 Å². The average molecular weight is 285 g/mol. The molecule has 2 fully saturated rings. The molecule has 1 saturated carbocycles. The van der Waals surface area contributed by atoms with E-state index in [9.17, 15) is 0 Å². The number of rotatable bonds is 4. The molecular weight excluding hydrogens is 258 g/mol. The number of guanidine groups is 1. The van der Waals surface area contributed by atoms with Gasteiger partial charge in [0, 0.05) is 32.2 Å². The lowest BCUT2D eigenvalue weighted by atomic mass is 9.64. The SMILES string of the molecule is CN=C(NCC1COCCO1)NC1CC(OC)C1(C)C. The van der Waals surface area contributed by atoms with Gasteiger partial charge in [0.25, 0.3) is 0 Å². The second kappa shape index (κ2) is 6.74. The van der Waals surface area contributed by atoms with Crippen molar-refractivity contribution in [3.63, 3.8) is 0 Å². The van der Waals surface area contributed by atoms with Crippen molar-refractivity contribution in [2.24, 2.45) is 10.4 Å². The zero-order chi connectivity index (χ0) is 14.6. The van der Waals surface area contributed by atoms with E-state index in [1.54, 1.807) is 14.2 Å². The monoisotopic (exact) mass is 285 g/mol. The highest BCUT2D eigenvalue weighted by Crippen LogP contribution is 2.42. The van der Waals surface area contributed by atoms with Crippen molar-refractivity contribution >= 4 is 5.96 Å². The first kappa shape index (κ1) is 15.5. The van der Waals surface area contributed by atoms with Gasteiger partial charge in [-0.15, -0.1) is 0 Å². The Hall–Kier alpha value is -0.850. The van der Waals surface area contributed by atoms with Crippen molar-refractivity contribution in [2.45, 2.75) is 38.5 Å². The minimum atomic E-state index is 0.100. The normalized spacial score (nSPS) is 33.4. The van der Waals surface area contributed by atoms with E-state index in [-0.39, 0.29) is 11.5 Å². The number of aliphatic imine (C=N–C) groups is 1. The van der Waals surface area contributed by atoms with Crippen LogP contribution in [0.5, 0.6) is 0 Å². The molecule has 2 aliphatic rings. The van der Waals surface area contributed by atoms with Crippen LogP contribution in [0.3, 0.4) is 0 Å². The molecule has 1 saturated heterocycles. The van der Waals surface area contributed by atoms with E-state index < -0.39 is 0 Å². The fraction of sp³-hybridized carbons (Fsp3) is 0.929. The molecule has 1 aliphatic carbocycles. The van der Waals surface area contributed by atoms with Gasteiger partial charge in [0.15, 0.2) is 5.96 Å². The van der Waals surface area contributed by atoms with Crippen LogP contribution in [0.4, 0.5) is 0 Å². The molecule has 116 valence electrons. The third-order valence-electron chi connectivity index (χ3n) is 4.38. The van der Waals surface area contributed by atoms with E-state index in [0.29, 0.717) is 38.5 Å². The molecule has 1 heterocycles. The third-order valence-corrected chi connectivity index (χ3v) is 4.38. The first-order valence-electron chi connectivity index (χ1n) is 7.27. The van der Waals surface area contributed by atoms with Crippen molar-refractivity contribution in [1.29, 1.82) is 0 Å². The lowest BCUT2D eigenvalue weighted by molar-refractivity contribution is -0.0929. The lowest BCUT2D eigenvalue weighted by Gasteiger charge is -2.51. The molecule has 6 heteroatoms. The Morgan fingerprint density at radius 2 is 2.20 bits per heavy atom. The Kier molecular flexibility index (Phi) is 5.23. The molecule has 1 aliphatic heterocycles. The highest BCUT2D eigenvalue weighted by Gasteiger charge is 2.48. The van der Waals surface area contributed by atoms with Crippen LogP contribution in [0.2, 0.25) is 0 Å². The van der Waals surface area contributed by atoms with E-state index in [1.807, 2.05) is 0 Å². The zero-order valence-electron chi connectivity index (χ0n) is 12.9. The first-order chi connectivity index (χ1) is 9.57. The largest absolute Gasteiger partial charge is 0.381 e. The molecule has 3 unspecified atom stereocenters. The topological polar surface area (TPSA) is 64.1 Å². The Morgan fingerprint density at radius 3 is 2.75 bits per heavy atom. The number of ether oxygens (including phenoxy) is 3. The summed E-state index contributed by atoms with van der Waals surface area (Å²) in [4.78, 5) is 4.27. The van der Waals surface area contributed by atoms with Crippen LogP contribution >= 0.6 is 0 Å². The van der Waals surface area contributed by atoms with Crippen molar-refractivity contribution in [3.8, 4) is 0 Å². The van der Waals surface area contributed by atoms with E-state index in [4.69, 9.17) is 14.2 Å². The molecule has 2 N–H and O–H groups in total. The minimum Gasteiger partial charge on any atom is -0.381 e. The number of hydrogen-bond donors (Lipinski definition) is 2. The molecular formula is C14H27N3O3. The molecule has 0 spiro atoms. The summed E-state index contributed by atoms with van der Waals surface area (Å²) >= 11 is 0. The van der Waals surface area contributed by atoms with Gasteiger partial charge >= 0.3 is 0 Å². The quantitative estimate of drug-likeness (QED) is 0.577. The summed E-state index contributed by atoms with van der Waals surface area (Å²) in [7, 11) is 3.56. The summed E-state index contributed by atoms with van der Waals surface area (Å²) in [5.74, 6) is 0.812. The smallest absolute Gasteiger partial charge is 0.191 e. The molecule has 0 bridgehead atoms. The van der Waals surface area contributed by atoms with Crippen LogP contribution in [-0.4, -0.2) is 64.7 Å². The standard InChI is InChI=1S/C14H27N3O3/c1-14(2)11(7-12(14)18-4)17-13(15-3)16-8-10-9-19-5-6-20-10/h10-12H,5-9H2,1-4H3,(H2,15,16,17). The molecule has 20 heavy (non-hydrogen) atoms. The number of nitrogens with one attached hydrogen (secondary N) is 2. The van der Waals surface area contributed by atoms with Crippen LogP contribution in [0.25, 0.3) is 0 Å². The van der Waals surface area contributed by atoms with Gasteiger partial charge in [-0.25, -0.2) is 0 Å². The minimum absolute atomic E-state index is 0.100. The summed E-state index contributed by atoms with van der Waals surface area (Å²) in [6.07, 6.45) is 1.42. The van der Waals surface area contributed by atoms with Crippen LogP contribution in [0.1, 0.15) is 20.3 Å². The molecule has 0 aromatic heterocycles. The van der Waals surface area contributed by atoms with Crippen LogP contribution in [0, 0.1) is 5.41 Å². The van der Waals surface area contributed by atoms with Gasteiger partial charge in [0.2, 0.25) is 0 Å². The summed E-state index contributed by atoms with van der Waals surface area (Å²) < 4.78 is 16.4. The Bertz CT molecular complexity index is 341. The van der Waals surface area contributed by atoms with E-state index in [0.717, 1.165) is 12.4 Å². The maximum atomic E-state index is 5.60. The average Bonchev–Trinajstić information content (AvgIpc) is 2.47. The van der Waals surface area contributed by atoms with Gasteiger partial charge in [-0.2, -0.15) is 0 Å². The summed E-state index contributed by atoms with van der Waals surface area (Å²) in [5.41, 5.74) is 0.122. The molecule has 0 radical (unpaired) electrons. The summed E-state index contributed by atoms with van der Waals surface area (Å²) in [6.45, 7) is 7.15. The summed E-state index contributed by atoms with van der Waals surface area (Å²) in [6, 6.07) is 0.377. The van der Waals surface area contributed by atoms with E-state index in [1.165, 1.54) is 0 Å². The zero-order valence-corrected chi connectivity index (χ0v) is 12.9. The van der Waals surface area contributed by atoms with Gasteiger partial charge < -0.3 is 24.8 Å². The van der Waals surface area contributed by atoms with Crippen LogP contribution < -0.4 is 10.6 Å². The third kappa shape index (κ3) is 3.42. The maximum absolute atomic E-state index is 5.60. The van der Waals surface area contributed by atoms with Crippen molar-refractivity contribution in [1.82, 2.24) is 10.6 Å². The molecule has 2 rings (SSSR count). The van der Waals surface area contributed by atoms with Gasteiger partial charge in [0.1, 0.15) is 0 Å². The number of hydrogen-bond acceptors (Lipinski definition) is 4. The lowest BCUT2D eigenvalue weighted by Crippen LogP contribution is -2.63. The van der Waals surface area contributed by atoms with Crippen LogP contribution in [-0.2, 0) is 14.2 Å². The first-order valence-corrected chi connectivity index (χ1v) is 7.27. The fourth-order valence-corrected chi connectivity index (χ4v) is 2.75. The predicted octanol–water partition coefficient (Wildman–Crippen LogP) is 0.380. The second-order valence-electron chi connectivity index (χ2n) is 6.00. The predicted molar refractivity (Wildman–Crippen MR) is 78.0 cm³/mol. The van der Waals surface area contributed by atoms with Crippen LogP contribution in [0.15, 0.2) is 4.99 Å². The second-order valence-corrected chi connectivity index (χ2v) is 6.00. The van der Waals surface area contributed by atoms with E-state index in [2.05, 4.69) is 29.5 Å². The number of nitrogens with zero attached hydrogens (tertiary/aromatic N) is 1. The van der Waals surface area contributed by atoms with Gasteiger partial charge in [0.05, 0.1) is 32.0 Å². The van der Waals surface area contributed by atoms with E-state index >= 15 is 0 Å². The van der Waals surface area contributed by atoms with Crippen molar-refractivity contribution in [2.75, 3.05) is 40.5 Å². The van der Waals surface area contributed by atoms with Gasteiger partial charge in [-0.3, -0.25) is 4.99 Å². The molecule has 6 nitrogen and oxygen atoms in total.